The number of aryl methyl sites for hydroxylation is 1. The van der Waals surface area contributed by atoms with Gasteiger partial charge in [0.05, 0.1) is 36.3 Å². The lowest BCUT2D eigenvalue weighted by atomic mass is 10.0. The highest BCUT2D eigenvalue weighted by atomic mass is 19.1. The third kappa shape index (κ3) is 6.45. The van der Waals surface area contributed by atoms with E-state index in [1.165, 1.54) is 10.6 Å². The van der Waals surface area contributed by atoms with Crippen molar-refractivity contribution < 1.29 is 23.5 Å². The van der Waals surface area contributed by atoms with Gasteiger partial charge in [-0.15, -0.1) is 5.06 Å². The second kappa shape index (κ2) is 11.8. The summed E-state index contributed by atoms with van der Waals surface area (Å²) in [5.41, 5.74) is 0.255. The van der Waals surface area contributed by atoms with E-state index in [1.807, 2.05) is 32.9 Å². The van der Waals surface area contributed by atoms with Crippen LogP contribution < -0.4 is 15.1 Å². The molecule has 4 aromatic rings. The first-order chi connectivity index (χ1) is 19.3. The second-order valence-corrected chi connectivity index (χ2v) is 11.7. The molecule has 0 spiro atoms. The molecule has 1 amide bonds. The number of pyridine rings is 2. The third-order valence-electron chi connectivity index (χ3n) is 6.72. The van der Waals surface area contributed by atoms with E-state index in [0.29, 0.717) is 34.0 Å². The van der Waals surface area contributed by atoms with E-state index in [0.717, 1.165) is 10.6 Å². The van der Waals surface area contributed by atoms with Crippen molar-refractivity contribution in [3.05, 3.63) is 76.1 Å². The van der Waals surface area contributed by atoms with Crippen LogP contribution in [-0.2, 0) is 11.3 Å². The molecule has 0 bridgehead atoms. The number of halogens is 1. The zero-order valence-electron chi connectivity index (χ0n) is 24.9. The van der Waals surface area contributed by atoms with Crippen LogP contribution >= 0.6 is 0 Å². The molecule has 41 heavy (non-hydrogen) atoms. The highest BCUT2D eigenvalue weighted by Gasteiger charge is 2.30. The Kier molecular flexibility index (Phi) is 8.56. The molecule has 0 aliphatic heterocycles. The molecule has 1 unspecified atom stereocenters. The number of ether oxygens (including phenoxy) is 2. The number of methoxy groups -OCH3 is 1. The molecule has 0 radical (unpaired) electrons. The van der Waals surface area contributed by atoms with E-state index in [9.17, 15) is 9.59 Å². The van der Waals surface area contributed by atoms with E-state index >= 15 is 4.39 Å². The zero-order valence-corrected chi connectivity index (χ0v) is 24.9. The smallest absolute Gasteiger partial charge is 0.443 e. The van der Waals surface area contributed by atoms with Crippen molar-refractivity contribution in [1.82, 2.24) is 14.6 Å². The van der Waals surface area contributed by atoms with E-state index in [2.05, 4.69) is 4.98 Å². The minimum atomic E-state index is -0.776. The lowest BCUT2D eigenvalue weighted by Crippen LogP contribution is -2.45. The normalized spacial score (nSPS) is 12.5. The maximum absolute atomic E-state index is 16.5. The maximum atomic E-state index is 16.5. The predicted octanol–water partition coefficient (Wildman–Crippen LogP) is 7.02. The standard InChI is InChI=1S/C32H38FN3O5/c1-19(2)17-20(3)36(31(38)40-32(5,6)7)41-26-14-13-25-24-15-16-34-21(4)27(24)30(37)35(29(25)28(26)33)18-22-9-11-23(39-8)12-10-22/h9-16,19-20H,17-18H2,1-8H3. The Morgan fingerprint density at radius 3 is 2.34 bits per heavy atom. The summed E-state index contributed by atoms with van der Waals surface area (Å²) >= 11 is 0. The summed E-state index contributed by atoms with van der Waals surface area (Å²) in [6.45, 7) is 13.0. The van der Waals surface area contributed by atoms with Crippen LogP contribution in [0.25, 0.3) is 21.7 Å². The molecule has 8 nitrogen and oxygen atoms in total. The van der Waals surface area contributed by atoms with Gasteiger partial charge in [-0.3, -0.25) is 9.78 Å². The third-order valence-corrected chi connectivity index (χ3v) is 6.72. The fraction of sp³-hybridized carbons (Fsp3) is 0.406. The summed E-state index contributed by atoms with van der Waals surface area (Å²) < 4.78 is 28.8. The molecule has 218 valence electrons. The average molecular weight is 564 g/mol. The van der Waals surface area contributed by atoms with Crippen molar-refractivity contribution in [2.24, 2.45) is 5.92 Å². The lowest BCUT2D eigenvalue weighted by molar-refractivity contribution is -0.0983. The second-order valence-electron chi connectivity index (χ2n) is 11.7. The quantitative estimate of drug-likeness (QED) is 0.169. The maximum Gasteiger partial charge on any atom is 0.443 e. The van der Waals surface area contributed by atoms with Gasteiger partial charge in [0.25, 0.3) is 5.56 Å². The number of carbonyl (C=O) groups excluding carboxylic acids is 1. The van der Waals surface area contributed by atoms with Gasteiger partial charge < -0.3 is 18.9 Å². The Hall–Kier alpha value is -4.14. The van der Waals surface area contributed by atoms with E-state index in [-0.39, 0.29) is 29.3 Å². The van der Waals surface area contributed by atoms with Gasteiger partial charge in [0, 0.05) is 11.6 Å². The van der Waals surface area contributed by atoms with Crippen LogP contribution in [0.1, 0.15) is 59.2 Å². The van der Waals surface area contributed by atoms with Crippen molar-refractivity contribution >= 4 is 27.8 Å². The number of hydrogen-bond donors (Lipinski definition) is 0. The van der Waals surface area contributed by atoms with Crippen molar-refractivity contribution in [2.75, 3.05) is 7.11 Å². The number of aromatic nitrogens is 2. The highest BCUT2D eigenvalue weighted by molar-refractivity contribution is 6.06. The molecule has 2 aromatic heterocycles. The first-order valence-corrected chi connectivity index (χ1v) is 13.7. The van der Waals surface area contributed by atoms with Gasteiger partial charge >= 0.3 is 6.09 Å². The Morgan fingerprint density at radius 1 is 1.05 bits per heavy atom. The Balaban J connectivity index is 1.90. The van der Waals surface area contributed by atoms with Crippen molar-refractivity contribution in [3.63, 3.8) is 0 Å². The fourth-order valence-electron chi connectivity index (χ4n) is 4.96. The van der Waals surface area contributed by atoms with Crippen LogP contribution in [0.2, 0.25) is 0 Å². The molecule has 1 atom stereocenters. The van der Waals surface area contributed by atoms with Gasteiger partial charge in [0.2, 0.25) is 0 Å². The summed E-state index contributed by atoms with van der Waals surface area (Å²) in [6, 6.07) is 11.7. The highest BCUT2D eigenvalue weighted by Crippen LogP contribution is 2.32. The zero-order chi connectivity index (χ0) is 30.1. The predicted molar refractivity (Wildman–Crippen MR) is 158 cm³/mol. The number of benzene rings is 2. The van der Waals surface area contributed by atoms with Crippen molar-refractivity contribution in [3.8, 4) is 11.5 Å². The number of nitrogens with zero attached hydrogens (tertiary/aromatic N) is 3. The summed E-state index contributed by atoms with van der Waals surface area (Å²) in [5, 5.41) is 2.62. The number of carbonyl (C=O) groups is 1. The van der Waals surface area contributed by atoms with Crippen LogP contribution in [-0.4, -0.2) is 39.5 Å². The van der Waals surface area contributed by atoms with E-state index in [1.54, 1.807) is 65.3 Å². The van der Waals surface area contributed by atoms with Crippen LogP contribution in [0.15, 0.2) is 53.5 Å². The largest absolute Gasteiger partial charge is 0.497 e. The molecule has 0 fully saturated rings. The Bertz CT molecular complexity index is 1620. The van der Waals surface area contributed by atoms with Crippen LogP contribution in [0.4, 0.5) is 9.18 Å². The SMILES string of the molecule is COc1ccc(Cn2c(=O)c3c(C)nccc3c3ccc(ON(C(=O)OC(C)(C)C)C(C)CC(C)C)c(F)c32)cc1. The number of amides is 1. The minimum absolute atomic E-state index is 0.0714. The Labute approximate surface area is 239 Å². The first kappa shape index (κ1) is 29.8. The molecule has 0 saturated carbocycles. The lowest BCUT2D eigenvalue weighted by Gasteiger charge is -2.31. The number of rotatable bonds is 8. The van der Waals surface area contributed by atoms with Crippen molar-refractivity contribution in [1.29, 1.82) is 0 Å². The molecule has 0 aliphatic rings. The summed E-state index contributed by atoms with van der Waals surface area (Å²) in [5.74, 6) is -0.0243. The molecule has 2 aromatic carbocycles. The molecule has 9 heteroatoms. The van der Waals surface area contributed by atoms with Crippen LogP contribution in [0.3, 0.4) is 0 Å². The summed E-state index contributed by atoms with van der Waals surface area (Å²) in [7, 11) is 1.58. The topological polar surface area (TPSA) is 82.9 Å². The fourth-order valence-corrected chi connectivity index (χ4v) is 4.96. The van der Waals surface area contributed by atoms with Gasteiger partial charge in [0.15, 0.2) is 11.6 Å². The van der Waals surface area contributed by atoms with Gasteiger partial charge in [-0.1, -0.05) is 26.0 Å². The number of hydroxylamine groups is 2. The van der Waals surface area contributed by atoms with Crippen LogP contribution in [0.5, 0.6) is 11.5 Å². The minimum Gasteiger partial charge on any atom is -0.497 e. The van der Waals surface area contributed by atoms with Gasteiger partial charge in [-0.2, -0.15) is 0 Å². The van der Waals surface area contributed by atoms with Crippen LogP contribution in [0, 0.1) is 18.7 Å². The first-order valence-electron chi connectivity index (χ1n) is 13.7. The monoisotopic (exact) mass is 563 g/mol. The molecule has 0 saturated heterocycles. The number of fused-ring (bicyclic) bond motifs is 3. The molecular formula is C32H38FN3O5. The van der Waals surface area contributed by atoms with Gasteiger partial charge in [-0.25, -0.2) is 9.18 Å². The average Bonchev–Trinajstić information content (AvgIpc) is 2.89. The molecule has 0 N–H and O–H groups in total. The Morgan fingerprint density at radius 2 is 1.73 bits per heavy atom. The van der Waals surface area contributed by atoms with E-state index < -0.39 is 23.6 Å². The van der Waals surface area contributed by atoms with Gasteiger partial charge in [0.1, 0.15) is 11.4 Å². The molecule has 2 heterocycles. The van der Waals surface area contributed by atoms with Gasteiger partial charge in [-0.05, 0) is 88.2 Å². The molecule has 4 rings (SSSR count). The molecule has 0 aliphatic carbocycles. The molecular weight excluding hydrogens is 525 g/mol. The van der Waals surface area contributed by atoms with Crippen molar-refractivity contribution in [2.45, 2.75) is 73.1 Å². The number of hydrogen-bond acceptors (Lipinski definition) is 6. The summed E-state index contributed by atoms with van der Waals surface area (Å²) in [6.07, 6.45) is 1.49. The summed E-state index contributed by atoms with van der Waals surface area (Å²) in [4.78, 5) is 37.3. The van der Waals surface area contributed by atoms with E-state index in [4.69, 9.17) is 14.3 Å².